The summed E-state index contributed by atoms with van der Waals surface area (Å²) in [4.78, 5) is 12.0. The highest BCUT2D eigenvalue weighted by Crippen LogP contribution is 2.32. The molecule has 0 aliphatic heterocycles. The summed E-state index contributed by atoms with van der Waals surface area (Å²) in [5, 5.41) is 3.27. The standard InChI is InChI=1S/C18H20ClNO4/c1-12-6-4-5-7-15(12)24-11-18(21)20-10-13-8-16(22-2)17(23-3)9-14(13)19/h4-9H,10-11H2,1-3H3,(H,20,21). The number of rotatable bonds is 7. The van der Waals surface area contributed by atoms with Gasteiger partial charge in [-0.2, -0.15) is 0 Å². The molecule has 0 saturated heterocycles. The molecule has 2 rings (SSSR count). The van der Waals surface area contributed by atoms with E-state index in [4.69, 9.17) is 25.8 Å². The lowest BCUT2D eigenvalue weighted by molar-refractivity contribution is -0.123. The van der Waals surface area contributed by atoms with E-state index in [0.717, 1.165) is 11.1 Å². The minimum absolute atomic E-state index is 0.0598. The van der Waals surface area contributed by atoms with Crippen LogP contribution in [0.15, 0.2) is 36.4 Å². The molecule has 6 heteroatoms. The summed E-state index contributed by atoms with van der Waals surface area (Å²) in [6.07, 6.45) is 0. The first-order valence-corrected chi connectivity index (χ1v) is 7.78. The Bertz CT molecular complexity index is 718. The maximum Gasteiger partial charge on any atom is 0.258 e. The number of benzene rings is 2. The second kappa shape index (κ2) is 8.45. The summed E-state index contributed by atoms with van der Waals surface area (Å²) >= 11 is 6.20. The number of hydrogen-bond donors (Lipinski definition) is 1. The Morgan fingerprint density at radius 3 is 2.42 bits per heavy atom. The van der Waals surface area contributed by atoms with Crippen LogP contribution in [0, 0.1) is 6.92 Å². The third-order valence-electron chi connectivity index (χ3n) is 3.48. The van der Waals surface area contributed by atoms with Gasteiger partial charge in [-0.05, 0) is 30.2 Å². The zero-order valence-corrected chi connectivity index (χ0v) is 14.6. The van der Waals surface area contributed by atoms with Crippen molar-refractivity contribution in [2.45, 2.75) is 13.5 Å². The lowest BCUT2D eigenvalue weighted by Gasteiger charge is -2.13. The van der Waals surface area contributed by atoms with E-state index in [2.05, 4.69) is 5.32 Å². The lowest BCUT2D eigenvalue weighted by Crippen LogP contribution is -2.28. The second-order valence-electron chi connectivity index (χ2n) is 5.13. The van der Waals surface area contributed by atoms with Crippen LogP contribution in [0.1, 0.15) is 11.1 Å². The van der Waals surface area contributed by atoms with E-state index in [9.17, 15) is 4.79 Å². The van der Waals surface area contributed by atoms with Crippen LogP contribution in [-0.2, 0) is 11.3 Å². The molecule has 0 aliphatic carbocycles. The summed E-state index contributed by atoms with van der Waals surface area (Å²) < 4.78 is 15.9. The molecule has 0 atom stereocenters. The first kappa shape index (κ1) is 17.9. The van der Waals surface area contributed by atoms with E-state index in [-0.39, 0.29) is 19.1 Å². The fourth-order valence-corrected chi connectivity index (χ4v) is 2.36. The van der Waals surface area contributed by atoms with Crippen molar-refractivity contribution in [3.8, 4) is 17.2 Å². The number of carbonyl (C=O) groups excluding carboxylic acids is 1. The Balaban J connectivity index is 1.93. The van der Waals surface area contributed by atoms with Gasteiger partial charge in [-0.1, -0.05) is 29.8 Å². The Hall–Kier alpha value is -2.40. The summed E-state index contributed by atoms with van der Waals surface area (Å²) in [7, 11) is 3.09. The highest BCUT2D eigenvalue weighted by molar-refractivity contribution is 6.31. The Morgan fingerprint density at radius 1 is 1.08 bits per heavy atom. The molecule has 0 fully saturated rings. The Labute approximate surface area is 146 Å². The first-order chi connectivity index (χ1) is 11.5. The van der Waals surface area contributed by atoms with Crippen LogP contribution in [0.4, 0.5) is 0 Å². The SMILES string of the molecule is COc1cc(Cl)c(CNC(=O)COc2ccccc2C)cc1OC. The molecular formula is C18H20ClNO4. The number of nitrogens with one attached hydrogen (secondary N) is 1. The van der Waals surface area contributed by atoms with Crippen molar-refractivity contribution < 1.29 is 19.0 Å². The first-order valence-electron chi connectivity index (χ1n) is 7.40. The van der Waals surface area contributed by atoms with Crippen molar-refractivity contribution in [3.63, 3.8) is 0 Å². The van der Waals surface area contributed by atoms with Gasteiger partial charge >= 0.3 is 0 Å². The maximum absolute atomic E-state index is 12.0. The number of halogens is 1. The molecule has 0 bridgehead atoms. The minimum atomic E-state index is -0.232. The lowest BCUT2D eigenvalue weighted by atomic mass is 10.2. The molecule has 1 N–H and O–H groups in total. The summed E-state index contributed by atoms with van der Waals surface area (Å²) in [6.45, 7) is 2.14. The maximum atomic E-state index is 12.0. The third kappa shape index (κ3) is 4.55. The molecule has 0 unspecified atom stereocenters. The van der Waals surface area contributed by atoms with Crippen molar-refractivity contribution in [1.29, 1.82) is 0 Å². The molecule has 2 aromatic rings. The monoisotopic (exact) mass is 349 g/mol. The topological polar surface area (TPSA) is 56.8 Å². The largest absolute Gasteiger partial charge is 0.493 e. The van der Waals surface area contributed by atoms with Gasteiger partial charge in [0.25, 0.3) is 5.91 Å². The number of carbonyl (C=O) groups is 1. The average Bonchev–Trinajstić information content (AvgIpc) is 2.59. The van der Waals surface area contributed by atoms with Crippen molar-refractivity contribution in [2.75, 3.05) is 20.8 Å². The van der Waals surface area contributed by atoms with E-state index in [0.29, 0.717) is 22.3 Å². The van der Waals surface area contributed by atoms with Crippen molar-refractivity contribution >= 4 is 17.5 Å². The van der Waals surface area contributed by atoms with Crippen LogP contribution in [0.2, 0.25) is 5.02 Å². The predicted octanol–water partition coefficient (Wildman–Crippen LogP) is 3.36. The third-order valence-corrected chi connectivity index (χ3v) is 3.83. The fourth-order valence-electron chi connectivity index (χ4n) is 2.14. The van der Waals surface area contributed by atoms with E-state index < -0.39 is 0 Å². The summed E-state index contributed by atoms with van der Waals surface area (Å²) in [5.41, 5.74) is 1.71. The van der Waals surface area contributed by atoms with Crippen LogP contribution in [0.25, 0.3) is 0 Å². The van der Waals surface area contributed by atoms with Gasteiger partial charge in [-0.15, -0.1) is 0 Å². The van der Waals surface area contributed by atoms with Gasteiger partial charge in [0.15, 0.2) is 18.1 Å². The average molecular weight is 350 g/mol. The molecule has 0 radical (unpaired) electrons. The molecule has 0 saturated carbocycles. The highest BCUT2D eigenvalue weighted by Gasteiger charge is 2.11. The molecule has 0 aliphatic rings. The Morgan fingerprint density at radius 2 is 1.75 bits per heavy atom. The molecule has 0 heterocycles. The number of aryl methyl sites for hydroxylation is 1. The van der Waals surface area contributed by atoms with Crippen LogP contribution in [-0.4, -0.2) is 26.7 Å². The minimum Gasteiger partial charge on any atom is -0.493 e. The van der Waals surface area contributed by atoms with Gasteiger partial charge in [0.05, 0.1) is 14.2 Å². The van der Waals surface area contributed by atoms with Crippen molar-refractivity contribution in [2.24, 2.45) is 0 Å². The van der Waals surface area contributed by atoms with Crippen LogP contribution >= 0.6 is 11.6 Å². The number of methoxy groups -OCH3 is 2. The molecule has 5 nitrogen and oxygen atoms in total. The van der Waals surface area contributed by atoms with Gasteiger partial charge in [-0.3, -0.25) is 4.79 Å². The molecule has 2 aromatic carbocycles. The zero-order valence-electron chi connectivity index (χ0n) is 13.9. The van der Waals surface area contributed by atoms with Gasteiger partial charge in [0, 0.05) is 17.6 Å². The molecule has 128 valence electrons. The van der Waals surface area contributed by atoms with Crippen LogP contribution in [0.3, 0.4) is 0 Å². The smallest absolute Gasteiger partial charge is 0.258 e. The highest BCUT2D eigenvalue weighted by atomic mass is 35.5. The number of para-hydroxylation sites is 1. The van der Waals surface area contributed by atoms with E-state index >= 15 is 0 Å². The predicted molar refractivity (Wildman–Crippen MR) is 93.1 cm³/mol. The van der Waals surface area contributed by atoms with Gasteiger partial charge < -0.3 is 19.5 Å². The summed E-state index contributed by atoms with van der Waals surface area (Å²) in [5.74, 6) is 1.56. The molecular weight excluding hydrogens is 330 g/mol. The molecule has 0 aromatic heterocycles. The van der Waals surface area contributed by atoms with Crippen LogP contribution < -0.4 is 19.5 Å². The number of hydrogen-bond acceptors (Lipinski definition) is 4. The normalized spacial score (nSPS) is 10.2. The zero-order chi connectivity index (χ0) is 17.5. The molecule has 0 spiro atoms. The van der Waals surface area contributed by atoms with E-state index in [1.54, 1.807) is 26.4 Å². The number of amides is 1. The number of ether oxygens (including phenoxy) is 3. The molecule has 24 heavy (non-hydrogen) atoms. The van der Waals surface area contributed by atoms with E-state index in [1.807, 2.05) is 31.2 Å². The van der Waals surface area contributed by atoms with E-state index in [1.165, 1.54) is 0 Å². The Kier molecular flexibility index (Phi) is 6.32. The van der Waals surface area contributed by atoms with Gasteiger partial charge in [0.2, 0.25) is 0 Å². The van der Waals surface area contributed by atoms with Crippen LogP contribution in [0.5, 0.6) is 17.2 Å². The van der Waals surface area contributed by atoms with Gasteiger partial charge in [-0.25, -0.2) is 0 Å². The second-order valence-corrected chi connectivity index (χ2v) is 5.54. The van der Waals surface area contributed by atoms with Crippen molar-refractivity contribution in [1.82, 2.24) is 5.32 Å². The molecule has 1 amide bonds. The fraction of sp³-hybridized carbons (Fsp3) is 0.278. The summed E-state index contributed by atoms with van der Waals surface area (Å²) in [6, 6.07) is 10.9. The van der Waals surface area contributed by atoms with Gasteiger partial charge in [0.1, 0.15) is 5.75 Å². The quantitative estimate of drug-likeness (QED) is 0.832. The van der Waals surface area contributed by atoms with Crippen molar-refractivity contribution in [3.05, 3.63) is 52.5 Å².